The number of imidazole rings is 1. The van der Waals surface area contributed by atoms with Gasteiger partial charge in [0.2, 0.25) is 0 Å². The minimum atomic E-state index is -0.242. The number of aromatic amines is 1. The van der Waals surface area contributed by atoms with Crippen LogP contribution in [0.15, 0.2) is 18.2 Å². The van der Waals surface area contributed by atoms with Crippen molar-refractivity contribution in [1.29, 1.82) is 0 Å². The maximum Gasteiger partial charge on any atom is 0.178 e. The second-order valence-corrected chi connectivity index (χ2v) is 4.29. The summed E-state index contributed by atoms with van der Waals surface area (Å²) < 4.78 is 16.2. The standard InChI is InChI=1S/C12H15FN2S/c1-3-8(4-2)15-10-7-5-6-9(13)11(10)14-12(15)16/h5-8H,3-4H2,1-2H3,(H,14,16). The molecule has 1 aromatic carbocycles. The lowest BCUT2D eigenvalue weighted by Gasteiger charge is -2.15. The Labute approximate surface area is 99.1 Å². The predicted molar refractivity (Wildman–Crippen MR) is 66.7 cm³/mol. The van der Waals surface area contributed by atoms with Crippen molar-refractivity contribution in [2.45, 2.75) is 32.7 Å². The van der Waals surface area contributed by atoms with Crippen molar-refractivity contribution in [3.63, 3.8) is 0 Å². The van der Waals surface area contributed by atoms with Gasteiger partial charge in [-0.15, -0.1) is 0 Å². The van der Waals surface area contributed by atoms with E-state index in [2.05, 4.69) is 18.8 Å². The van der Waals surface area contributed by atoms with E-state index in [9.17, 15) is 4.39 Å². The van der Waals surface area contributed by atoms with Crippen molar-refractivity contribution in [1.82, 2.24) is 9.55 Å². The summed E-state index contributed by atoms with van der Waals surface area (Å²) >= 11 is 5.26. The molecule has 0 aliphatic rings. The van der Waals surface area contributed by atoms with Gasteiger partial charge in [0.05, 0.1) is 5.52 Å². The van der Waals surface area contributed by atoms with Gasteiger partial charge in [-0.1, -0.05) is 19.9 Å². The third-order valence-corrected chi connectivity index (χ3v) is 3.31. The number of aromatic nitrogens is 2. The van der Waals surface area contributed by atoms with Gasteiger partial charge in [-0.05, 0) is 37.2 Å². The molecule has 1 heterocycles. The van der Waals surface area contributed by atoms with E-state index in [4.69, 9.17) is 12.2 Å². The smallest absolute Gasteiger partial charge is 0.178 e. The van der Waals surface area contributed by atoms with Crippen molar-refractivity contribution >= 4 is 23.3 Å². The number of rotatable bonds is 3. The first-order valence-electron chi connectivity index (χ1n) is 5.57. The molecule has 0 aliphatic carbocycles. The molecular weight excluding hydrogens is 223 g/mol. The van der Waals surface area contributed by atoms with Crippen LogP contribution in [-0.2, 0) is 0 Å². The quantitative estimate of drug-likeness (QED) is 0.795. The third-order valence-electron chi connectivity index (χ3n) is 3.01. The average Bonchev–Trinajstić information content (AvgIpc) is 2.60. The van der Waals surface area contributed by atoms with Crippen LogP contribution >= 0.6 is 12.2 Å². The maximum absolute atomic E-state index is 13.6. The monoisotopic (exact) mass is 238 g/mol. The minimum Gasteiger partial charge on any atom is -0.328 e. The largest absolute Gasteiger partial charge is 0.328 e. The number of benzene rings is 1. The Morgan fingerprint density at radius 1 is 1.38 bits per heavy atom. The number of halogens is 1. The fraction of sp³-hybridized carbons (Fsp3) is 0.417. The Balaban J connectivity index is 2.74. The van der Waals surface area contributed by atoms with Crippen LogP contribution in [0.25, 0.3) is 11.0 Å². The first kappa shape index (κ1) is 11.3. The molecule has 86 valence electrons. The Morgan fingerprint density at radius 3 is 2.69 bits per heavy atom. The van der Waals surface area contributed by atoms with E-state index in [-0.39, 0.29) is 5.82 Å². The van der Waals surface area contributed by atoms with E-state index in [0.29, 0.717) is 16.3 Å². The molecule has 2 nitrogen and oxygen atoms in total. The first-order chi connectivity index (χ1) is 7.69. The Hall–Kier alpha value is -1.16. The molecule has 16 heavy (non-hydrogen) atoms. The Morgan fingerprint density at radius 2 is 2.06 bits per heavy atom. The summed E-state index contributed by atoms with van der Waals surface area (Å²) in [5.41, 5.74) is 1.37. The van der Waals surface area contributed by atoms with Gasteiger partial charge in [0.1, 0.15) is 11.3 Å². The molecule has 0 bridgehead atoms. The number of nitrogens with zero attached hydrogens (tertiary/aromatic N) is 1. The summed E-state index contributed by atoms with van der Waals surface area (Å²) in [6.45, 7) is 4.24. The van der Waals surface area contributed by atoms with Crippen molar-refractivity contribution in [3.8, 4) is 0 Å². The molecule has 2 rings (SSSR count). The Kier molecular flexibility index (Phi) is 3.10. The highest BCUT2D eigenvalue weighted by Crippen LogP contribution is 2.24. The van der Waals surface area contributed by atoms with Gasteiger partial charge in [0, 0.05) is 6.04 Å². The van der Waals surface area contributed by atoms with E-state index in [1.807, 2.05) is 10.6 Å². The van der Waals surface area contributed by atoms with E-state index in [0.717, 1.165) is 18.4 Å². The van der Waals surface area contributed by atoms with Crippen molar-refractivity contribution in [2.24, 2.45) is 0 Å². The molecule has 0 unspecified atom stereocenters. The van der Waals surface area contributed by atoms with E-state index >= 15 is 0 Å². The lowest BCUT2D eigenvalue weighted by Crippen LogP contribution is -2.06. The van der Waals surface area contributed by atoms with Crippen molar-refractivity contribution < 1.29 is 4.39 Å². The summed E-state index contributed by atoms with van der Waals surface area (Å²) in [5, 5.41) is 0. The second-order valence-electron chi connectivity index (χ2n) is 3.90. The molecule has 1 aromatic heterocycles. The number of nitrogens with one attached hydrogen (secondary N) is 1. The van der Waals surface area contributed by atoms with Gasteiger partial charge in [-0.2, -0.15) is 0 Å². The zero-order valence-electron chi connectivity index (χ0n) is 9.46. The highest BCUT2D eigenvalue weighted by Gasteiger charge is 2.13. The molecule has 0 saturated carbocycles. The summed E-state index contributed by atoms with van der Waals surface area (Å²) in [6, 6.07) is 5.41. The number of hydrogen-bond donors (Lipinski definition) is 1. The number of hydrogen-bond acceptors (Lipinski definition) is 1. The molecule has 4 heteroatoms. The molecule has 2 aromatic rings. The zero-order chi connectivity index (χ0) is 11.7. The maximum atomic E-state index is 13.6. The van der Waals surface area contributed by atoms with Crippen LogP contribution in [0, 0.1) is 10.6 Å². The lowest BCUT2D eigenvalue weighted by molar-refractivity contribution is 0.478. The lowest BCUT2D eigenvalue weighted by atomic mass is 10.1. The second kappa shape index (κ2) is 4.37. The van der Waals surface area contributed by atoms with Crippen LogP contribution in [0.5, 0.6) is 0 Å². The molecule has 0 spiro atoms. The number of para-hydroxylation sites is 1. The van der Waals surface area contributed by atoms with E-state index in [1.54, 1.807) is 6.07 Å². The summed E-state index contributed by atoms with van der Waals surface area (Å²) in [5.74, 6) is -0.242. The number of fused-ring (bicyclic) bond motifs is 1. The van der Waals surface area contributed by atoms with Crippen molar-refractivity contribution in [3.05, 3.63) is 28.8 Å². The summed E-state index contributed by atoms with van der Waals surface area (Å²) in [4.78, 5) is 2.95. The molecule has 0 atom stereocenters. The molecule has 1 N–H and O–H groups in total. The highest BCUT2D eigenvalue weighted by molar-refractivity contribution is 7.71. The van der Waals surface area contributed by atoms with E-state index < -0.39 is 0 Å². The average molecular weight is 238 g/mol. The summed E-state index contributed by atoms with van der Waals surface area (Å²) in [7, 11) is 0. The van der Waals surface area contributed by atoms with Gasteiger partial charge in [0.15, 0.2) is 4.77 Å². The molecule has 0 aliphatic heterocycles. The molecule has 0 radical (unpaired) electrons. The van der Waals surface area contributed by atoms with Crippen LogP contribution in [-0.4, -0.2) is 9.55 Å². The Bertz CT molecular complexity index is 552. The van der Waals surface area contributed by atoms with Crippen LogP contribution in [0.4, 0.5) is 4.39 Å². The van der Waals surface area contributed by atoms with Gasteiger partial charge in [-0.3, -0.25) is 0 Å². The van der Waals surface area contributed by atoms with Gasteiger partial charge in [-0.25, -0.2) is 4.39 Å². The molecule has 0 fully saturated rings. The van der Waals surface area contributed by atoms with Crippen LogP contribution < -0.4 is 0 Å². The third kappa shape index (κ3) is 1.67. The molecule has 0 amide bonds. The molecule has 0 saturated heterocycles. The minimum absolute atomic E-state index is 0.242. The van der Waals surface area contributed by atoms with Gasteiger partial charge < -0.3 is 9.55 Å². The zero-order valence-corrected chi connectivity index (χ0v) is 10.3. The van der Waals surface area contributed by atoms with Gasteiger partial charge in [0.25, 0.3) is 0 Å². The fourth-order valence-electron chi connectivity index (χ4n) is 2.13. The predicted octanol–water partition coefficient (Wildman–Crippen LogP) is 4.20. The van der Waals surface area contributed by atoms with E-state index in [1.165, 1.54) is 6.07 Å². The topological polar surface area (TPSA) is 20.7 Å². The normalized spacial score (nSPS) is 11.5. The summed E-state index contributed by atoms with van der Waals surface area (Å²) in [6.07, 6.45) is 1.99. The van der Waals surface area contributed by atoms with Gasteiger partial charge >= 0.3 is 0 Å². The van der Waals surface area contributed by atoms with Crippen LogP contribution in [0.1, 0.15) is 32.7 Å². The highest BCUT2D eigenvalue weighted by atomic mass is 32.1. The van der Waals surface area contributed by atoms with Crippen LogP contribution in [0.3, 0.4) is 0 Å². The number of H-pyrrole nitrogens is 1. The molecular formula is C12H15FN2S. The fourth-order valence-corrected chi connectivity index (χ4v) is 2.48. The first-order valence-corrected chi connectivity index (χ1v) is 5.98. The SMILES string of the molecule is CCC(CC)n1c(=S)[nH]c2c(F)cccc21. The van der Waals surface area contributed by atoms with Crippen LogP contribution in [0.2, 0.25) is 0 Å². The van der Waals surface area contributed by atoms with Crippen molar-refractivity contribution in [2.75, 3.05) is 0 Å².